The van der Waals surface area contributed by atoms with Gasteiger partial charge in [0.1, 0.15) is 0 Å². The number of thiophene rings is 1. The van der Waals surface area contributed by atoms with E-state index in [2.05, 4.69) is 40.2 Å². The first-order valence-electron chi connectivity index (χ1n) is 6.43. The lowest BCUT2D eigenvalue weighted by molar-refractivity contribution is 0.483. The Labute approximate surface area is 113 Å². The van der Waals surface area contributed by atoms with Gasteiger partial charge < -0.3 is 10.3 Å². The van der Waals surface area contributed by atoms with Crippen LogP contribution in [0, 0.1) is 5.92 Å². The summed E-state index contributed by atoms with van der Waals surface area (Å²) >= 11 is 1.75. The minimum atomic E-state index is 0.0926. The Bertz CT molecular complexity index is 459. The van der Waals surface area contributed by atoms with Crippen LogP contribution < -0.4 is 5.73 Å². The van der Waals surface area contributed by atoms with Crippen molar-refractivity contribution in [2.45, 2.75) is 39.3 Å². The van der Waals surface area contributed by atoms with Crippen molar-refractivity contribution >= 4 is 11.3 Å². The van der Waals surface area contributed by atoms with Crippen molar-refractivity contribution in [3.63, 3.8) is 0 Å². The van der Waals surface area contributed by atoms with E-state index in [-0.39, 0.29) is 6.04 Å². The molecule has 2 N–H and O–H groups in total. The Morgan fingerprint density at radius 2 is 2.28 bits per heavy atom. The van der Waals surface area contributed by atoms with Crippen LogP contribution in [0.1, 0.15) is 37.6 Å². The highest BCUT2D eigenvalue weighted by atomic mass is 32.1. The maximum absolute atomic E-state index is 6.23. The molecule has 0 saturated heterocycles. The van der Waals surface area contributed by atoms with Gasteiger partial charge in [-0.1, -0.05) is 13.8 Å². The summed E-state index contributed by atoms with van der Waals surface area (Å²) in [7, 11) is 0. The molecule has 3 nitrogen and oxygen atoms in total. The number of nitrogens with two attached hydrogens (primary N) is 1. The zero-order valence-corrected chi connectivity index (χ0v) is 11.9. The summed E-state index contributed by atoms with van der Waals surface area (Å²) in [4.78, 5) is 4.24. The molecule has 2 rings (SSSR count). The summed E-state index contributed by atoms with van der Waals surface area (Å²) in [6.07, 6.45) is 5.84. The number of hydrogen-bond donors (Lipinski definition) is 1. The van der Waals surface area contributed by atoms with Crippen molar-refractivity contribution in [2.24, 2.45) is 11.7 Å². The second-order valence-electron chi connectivity index (χ2n) is 5.13. The first-order chi connectivity index (χ1) is 8.66. The molecule has 0 amide bonds. The first-order valence-corrected chi connectivity index (χ1v) is 7.37. The van der Waals surface area contributed by atoms with Crippen molar-refractivity contribution in [1.29, 1.82) is 0 Å². The molecule has 4 heteroatoms. The highest BCUT2D eigenvalue weighted by molar-refractivity contribution is 7.07. The van der Waals surface area contributed by atoms with Crippen LogP contribution in [0.5, 0.6) is 0 Å². The SMILES string of the molecule is CC(C)CC(N)c1cncn1CCc1ccsc1. The average molecular weight is 263 g/mol. The van der Waals surface area contributed by atoms with Gasteiger partial charge in [0.15, 0.2) is 0 Å². The molecule has 2 aromatic rings. The van der Waals surface area contributed by atoms with Gasteiger partial charge in [-0.15, -0.1) is 0 Å². The molecule has 0 aliphatic carbocycles. The summed E-state index contributed by atoms with van der Waals surface area (Å²) < 4.78 is 2.19. The van der Waals surface area contributed by atoms with Crippen LogP contribution in [0.15, 0.2) is 29.4 Å². The zero-order chi connectivity index (χ0) is 13.0. The smallest absolute Gasteiger partial charge is 0.0948 e. The number of hydrogen-bond acceptors (Lipinski definition) is 3. The summed E-state index contributed by atoms with van der Waals surface area (Å²) in [5, 5.41) is 4.32. The lowest BCUT2D eigenvalue weighted by Gasteiger charge is -2.16. The van der Waals surface area contributed by atoms with E-state index in [9.17, 15) is 0 Å². The molecule has 0 bridgehead atoms. The Balaban J connectivity index is 1.99. The van der Waals surface area contributed by atoms with Gasteiger partial charge >= 0.3 is 0 Å². The maximum Gasteiger partial charge on any atom is 0.0948 e. The van der Waals surface area contributed by atoms with Crippen molar-refractivity contribution in [1.82, 2.24) is 9.55 Å². The number of aromatic nitrogens is 2. The molecule has 0 aromatic carbocycles. The van der Waals surface area contributed by atoms with Crippen LogP contribution >= 0.6 is 11.3 Å². The maximum atomic E-state index is 6.23. The van der Waals surface area contributed by atoms with Gasteiger partial charge in [0, 0.05) is 18.8 Å². The second kappa shape index (κ2) is 6.16. The van der Waals surface area contributed by atoms with Crippen molar-refractivity contribution in [3.05, 3.63) is 40.6 Å². The summed E-state index contributed by atoms with van der Waals surface area (Å²) in [6, 6.07) is 2.27. The van der Waals surface area contributed by atoms with Crippen LogP contribution in [-0.4, -0.2) is 9.55 Å². The van der Waals surface area contributed by atoms with E-state index in [0.29, 0.717) is 5.92 Å². The average Bonchev–Trinajstić information content (AvgIpc) is 2.96. The molecular formula is C14H21N3S. The molecule has 0 aliphatic rings. The Morgan fingerprint density at radius 3 is 2.94 bits per heavy atom. The molecule has 0 aliphatic heterocycles. The van der Waals surface area contributed by atoms with E-state index in [0.717, 1.165) is 25.1 Å². The van der Waals surface area contributed by atoms with E-state index < -0.39 is 0 Å². The van der Waals surface area contributed by atoms with Crippen molar-refractivity contribution in [2.75, 3.05) is 0 Å². The Kier molecular flexibility index (Phi) is 4.55. The molecule has 18 heavy (non-hydrogen) atoms. The number of nitrogens with zero attached hydrogens (tertiary/aromatic N) is 2. The van der Waals surface area contributed by atoms with E-state index in [1.165, 1.54) is 5.56 Å². The van der Waals surface area contributed by atoms with Crippen molar-refractivity contribution in [3.8, 4) is 0 Å². The lowest BCUT2D eigenvalue weighted by Crippen LogP contribution is -2.17. The molecule has 2 aromatic heterocycles. The molecule has 2 heterocycles. The summed E-state index contributed by atoms with van der Waals surface area (Å²) in [5.41, 5.74) is 8.77. The van der Waals surface area contributed by atoms with Gasteiger partial charge in [-0.05, 0) is 41.1 Å². The monoisotopic (exact) mass is 263 g/mol. The quantitative estimate of drug-likeness (QED) is 0.869. The third kappa shape index (κ3) is 3.43. The van der Waals surface area contributed by atoms with Gasteiger partial charge in [0.25, 0.3) is 0 Å². The van der Waals surface area contributed by atoms with Gasteiger partial charge in [0.05, 0.1) is 12.0 Å². The lowest BCUT2D eigenvalue weighted by atomic mass is 10.0. The largest absolute Gasteiger partial charge is 0.333 e. The summed E-state index contributed by atoms with van der Waals surface area (Å²) in [6.45, 7) is 5.36. The number of imidazole rings is 1. The molecule has 0 fully saturated rings. The fourth-order valence-corrected chi connectivity index (χ4v) is 2.84. The highest BCUT2D eigenvalue weighted by Gasteiger charge is 2.13. The first kappa shape index (κ1) is 13.3. The molecule has 1 atom stereocenters. The van der Waals surface area contributed by atoms with Gasteiger partial charge in [0.2, 0.25) is 0 Å². The molecule has 0 saturated carbocycles. The predicted octanol–water partition coefficient (Wildman–Crippen LogP) is 3.23. The van der Waals surface area contributed by atoms with E-state index in [4.69, 9.17) is 5.73 Å². The summed E-state index contributed by atoms with van der Waals surface area (Å²) in [5.74, 6) is 0.611. The van der Waals surface area contributed by atoms with E-state index >= 15 is 0 Å². The fraction of sp³-hybridized carbons (Fsp3) is 0.500. The molecule has 0 radical (unpaired) electrons. The van der Waals surface area contributed by atoms with Crippen LogP contribution in [0.2, 0.25) is 0 Å². The Morgan fingerprint density at radius 1 is 1.44 bits per heavy atom. The van der Waals surface area contributed by atoms with E-state index in [1.807, 2.05) is 12.5 Å². The second-order valence-corrected chi connectivity index (χ2v) is 5.91. The normalized spacial score (nSPS) is 13.1. The Hall–Kier alpha value is -1.13. The molecule has 98 valence electrons. The number of rotatable bonds is 6. The third-order valence-corrected chi connectivity index (χ3v) is 3.80. The highest BCUT2D eigenvalue weighted by Crippen LogP contribution is 2.19. The standard InChI is InChI=1S/C14H21N3S/c1-11(2)7-13(15)14-8-16-10-17(14)5-3-12-4-6-18-9-12/h4,6,8-11,13H,3,5,7,15H2,1-2H3. The zero-order valence-electron chi connectivity index (χ0n) is 11.0. The van der Waals surface area contributed by atoms with Crippen molar-refractivity contribution < 1.29 is 0 Å². The van der Waals surface area contributed by atoms with Gasteiger partial charge in [-0.3, -0.25) is 0 Å². The van der Waals surface area contributed by atoms with Crippen LogP contribution in [0.4, 0.5) is 0 Å². The van der Waals surface area contributed by atoms with Gasteiger partial charge in [-0.25, -0.2) is 4.98 Å². The third-order valence-electron chi connectivity index (χ3n) is 3.07. The minimum Gasteiger partial charge on any atom is -0.333 e. The van der Waals surface area contributed by atoms with E-state index in [1.54, 1.807) is 11.3 Å². The minimum absolute atomic E-state index is 0.0926. The van der Waals surface area contributed by atoms with Crippen LogP contribution in [0.25, 0.3) is 0 Å². The molecular weight excluding hydrogens is 242 g/mol. The van der Waals surface area contributed by atoms with Gasteiger partial charge in [-0.2, -0.15) is 11.3 Å². The topological polar surface area (TPSA) is 43.8 Å². The predicted molar refractivity (Wildman–Crippen MR) is 76.6 cm³/mol. The van der Waals surface area contributed by atoms with Crippen LogP contribution in [0.3, 0.4) is 0 Å². The fourth-order valence-electron chi connectivity index (χ4n) is 2.14. The molecule has 0 spiro atoms. The number of aryl methyl sites for hydroxylation is 2. The molecule has 1 unspecified atom stereocenters. The van der Waals surface area contributed by atoms with Crippen LogP contribution in [-0.2, 0) is 13.0 Å².